The Bertz CT molecular complexity index is 908. The van der Waals surface area contributed by atoms with Crippen molar-refractivity contribution >= 4 is 18.0 Å². The third kappa shape index (κ3) is 6.64. The summed E-state index contributed by atoms with van der Waals surface area (Å²) in [6.07, 6.45) is 9.24. The van der Waals surface area contributed by atoms with Crippen molar-refractivity contribution in [3.05, 3.63) is 17.8 Å². The minimum atomic E-state index is -0.867. The van der Waals surface area contributed by atoms with E-state index in [1.54, 1.807) is 26.1 Å². The molecule has 3 rings (SSSR count). The second-order valence-corrected chi connectivity index (χ2v) is 11.1. The smallest absolute Gasteiger partial charge is 0.258 e. The molecule has 35 heavy (non-hydrogen) atoms. The van der Waals surface area contributed by atoms with Gasteiger partial charge in [-0.1, -0.05) is 33.3 Å². The predicted octanol–water partition coefficient (Wildman–Crippen LogP) is 3.40. The number of aromatic nitrogens is 2. The molecular formula is C26H42N4O5. The van der Waals surface area contributed by atoms with E-state index in [0.717, 1.165) is 32.1 Å². The number of hydrogen-bond acceptors (Lipinski definition) is 6. The Labute approximate surface area is 208 Å². The van der Waals surface area contributed by atoms with Gasteiger partial charge < -0.3 is 15.2 Å². The van der Waals surface area contributed by atoms with Crippen molar-refractivity contribution in [3.63, 3.8) is 0 Å². The lowest BCUT2D eigenvalue weighted by molar-refractivity contribution is -0.137. The van der Waals surface area contributed by atoms with Crippen LogP contribution in [0.5, 0.6) is 5.88 Å². The minimum absolute atomic E-state index is 0.0206. The Morgan fingerprint density at radius 3 is 2.69 bits per heavy atom. The number of aliphatic hydroxyl groups is 1. The molecule has 1 aromatic heterocycles. The molecule has 2 bridgehead atoms. The lowest BCUT2D eigenvalue weighted by Gasteiger charge is -2.46. The van der Waals surface area contributed by atoms with Gasteiger partial charge in [0.05, 0.1) is 31.4 Å². The van der Waals surface area contributed by atoms with Gasteiger partial charge in [0.25, 0.3) is 11.8 Å². The number of amides is 2. The Hall–Kier alpha value is -2.39. The summed E-state index contributed by atoms with van der Waals surface area (Å²) in [5.74, 6) is 1.29. The summed E-state index contributed by atoms with van der Waals surface area (Å²) in [5, 5.41) is 18.0. The zero-order chi connectivity index (χ0) is 25.8. The summed E-state index contributed by atoms with van der Waals surface area (Å²) in [6, 6.07) is 0.0206. The molecule has 0 saturated heterocycles. The number of aliphatic hydroxyl groups excluding tert-OH is 1. The number of nitrogens with zero attached hydrogens (tertiary/aromatic N) is 2. The highest BCUT2D eigenvalue weighted by Crippen LogP contribution is 2.44. The summed E-state index contributed by atoms with van der Waals surface area (Å²) < 4.78 is 7.53. The summed E-state index contributed by atoms with van der Waals surface area (Å²) >= 11 is 0. The fourth-order valence-corrected chi connectivity index (χ4v) is 5.34. The Morgan fingerprint density at radius 2 is 2.03 bits per heavy atom. The average molecular weight is 491 g/mol. The largest absolute Gasteiger partial charge is 0.477 e. The van der Waals surface area contributed by atoms with Crippen molar-refractivity contribution in [2.24, 2.45) is 29.1 Å². The molecule has 0 aliphatic heterocycles. The van der Waals surface area contributed by atoms with Crippen LogP contribution in [0, 0.1) is 29.1 Å². The van der Waals surface area contributed by atoms with Crippen LogP contribution in [0.2, 0.25) is 0 Å². The van der Waals surface area contributed by atoms with Crippen molar-refractivity contribution in [1.29, 1.82) is 0 Å². The number of hydrogen-bond donors (Lipinski definition) is 3. The number of nitrogens with one attached hydrogen (secondary N) is 2. The number of rotatable bonds is 10. The second kappa shape index (κ2) is 11.6. The quantitative estimate of drug-likeness (QED) is 0.433. The van der Waals surface area contributed by atoms with Crippen LogP contribution in [-0.4, -0.2) is 52.6 Å². The zero-order valence-electron chi connectivity index (χ0n) is 21.9. The van der Waals surface area contributed by atoms with Crippen LogP contribution in [0.25, 0.3) is 6.20 Å². The first-order chi connectivity index (χ1) is 16.6. The molecule has 0 radical (unpaired) electrons. The molecule has 3 unspecified atom stereocenters. The van der Waals surface area contributed by atoms with Crippen molar-refractivity contribution in [1.82, 2.24) is 20.6 Å². The third-order valence-electron chi connectivity index (χ3n) is 7.25. The van der Waals surface area contributed by atoms with Gasteiger partial charge in [0, 0.05) is 12.2 Å². The molecule has 9 nitrogen and oxygen atoms in total. The Balaban J connectivity index is 1.83. The fraction of sp³-hybridized carbons (Fsp3) is 0.731. The normalized spacial score (nSPS) is 26.7. The first-order valence-electron chi connectivity index (χ1n) is 12.8. The van der Waals surface area contributed by atoms with E-state index in [2.05, 4.69) is 22.8 Å². The van der Waals surface area contributed by atoms with Gasteiger partial charge in [-0.15, -0.1) is 0 Å². The van der Waals surface area contributed by atoms with E-state index in [0.29, 0.717) is 29.9 Å². The standard InChI is InChI=1S/C26H42N4O5/c1-7-18-10-17-11-19(13-20(31)12-17)22(18)28-23(32)21-14-27-30(24(21)35-15-16(2)3)9-8-26(4,5)25(33)29-34-6/h8-9,14,16-20,22,31H,7,10-13,15H2,1-6H3,(H,28,32)(H,29,33)/b9-8+/t17?,18?,19?,20-,22+/m0/s1. The molecule has 1 aromatic rings. The number of carbonyl (C=O) groups is 2. The van der Waals surface area contributed by atoms with Crippen molar-refractivity contribution in [2.75, 3.05) is 13.7 Å². The van der Waals surface area contributed by atoms with E-state index in [9.17, 15) is 14.7 Å². The number of hydroxylamine groups is 1. The van der Waals surface area contributed by atoms with Crippen LogP contribution in [0.4, 0.5) is 0 Å². The van der Waals surface area contributed by atoms with E-state index in [1.807, 2.05) is 13.8 Å². The highest BCUT2D eigenvalue weighted by Gasteiger charge is 2.42. The number of ether oxygens (including phenoxy) is 1. The fourth-order valence-electron chi connectivity index (χ4n) is 5.34. The van der Waals surface area contributed by atoms with Gasteiger partial charge in [-0.25, -0.2) is 10.2 Å². The molecule has 2 aliphatic rings. The Kier molecular flexibility index (Phi) is 8.99. The molecule has 0 aromatic carbocycles. The topological polar surface area (TPSA) is 115 Å². The average Bonchev–Trinajstić information content (AvgIpc) is 3.20. The van der Waals surface area contributed by atoms with Gasteiger partial charge in [-0.2, -0.15) is 5.10 Å². The third-order valence-corrected chi connectivity index (χ3v) is 7.25. The highest BCUT2D eigenvalue weighted by atomic mass is 16.6. The Morgan fingerprint density at radius 1 is 1.29 bits per heavy atom. The molecule has 196 valence electrons. The molecule has 2 aliphatic carbocycles. The molecule has 5 atom stereocenters. The van der Waals surface area contributed by atoms with Crippen LogP contribution < -0.4 is 15.5 Å². The van der Waals surface area contributed by atoms with Crippen LogP contribution in [-0.2, 0) is 9.63 Å². The first kappa shape index (κ1) is 27.2. The number of carbonyl (C=O) groups excluding carboxylic acids is 2. The summed E-state index contributed by atoms with van der Waals surface area (Å²) in [5.41, 5.74) is 1.84. The summed E-state index contributed by atoms with van der Waals surface area (Å²) in [4.78, 5) is 30.5. The van der Waals surface area contributed by atoms with Crippen LogP contribution >= 0.6 is 0 Å². The molecular weight excluding hydrogens is 448 g/mol. The summed E-state index contributed by atoms with van der Waals surface area (Å²) in [6.45, 7) is 10.2. The second-order valence-electron chi connectivity index (χ2n) is 11.1. The van der Waals surface area contributed by atoms with Crippen molar-refractivity contribution < 1.29 is 24.3 Å². The maximum atomic E-state index is 13.5. The first-order valence-corrected chi connectivity index (χ1v) is 12.8. The zero-order valence-corrected chi connectivity index (χ0v) is 21.9. The van der Waals surface area contributed by atoms with E-state index in [1.165, 1.54) is 18.0 Å². The van der Waals surface area contributed by atoms with Gasteiger partial charge in [0.1, 0.15) is 5.56 Å². The maximum Gasteiger partial charge on any atom is 0.258 e. The van der Waals surface area contributed by atoms with Gasteiger partial charge >= 0.3 is 0 Å². The monoisotopic (exact) mass is 490 g/mol. The van der Waals surface area contributed by atoms with E-state index in [-0.39, 0.29) is 35.8 Å². The van der Waals surface area contributed by atoms with Crippen LogP contribution in [0.15, 0.2) is 12.3 Å². The number of fused-ring (bicyclic) bond motifs is 2. The van der Waals surface area contributed by atoms with Crippen molar-refractivity contribution in [3.8, 4) is 5.88 Å². The lowest BCUT2D eigenvalue weighted by atomic mass is 9.64. The SMILES string of the molecule is CCC1CC2CC(C[C@@H](O)C2)[C@@H]1NC(=O)c1cnn(/C=C/C(C)(C)C(=O)NOC)c1OCC(C)C. The molecule has 1 heterocycles. The molecule has 9 heteroatoms. The maximum absolute atomic E-state index is 13.5. The van der Waals surface area contributed by atoms with Crippen LogP contribution in [0.1, 0.15) is 77.1 Å². The molecule has 2 amide bonds. The molecule has 2 saturated carbocycles. The van der Waals surface area contributed by atoms with Gasteiger partial charge in [0.2, 0.25) is 5.88 Å². The minimum Gasteiger partial charge on any atom is -0.477 e. The predicted molar refractivity (Wildman–Crippen MR) is 133 cm³/mol. The molecule has 2 fully saturated rings. The van der Waals surface area contributed by atoms with Gasteiger partial charge in [-0.05, 0) is 63.2 Å². The van der Waals surface area contributed by atoms with Gasteiger partial charge in [-0.3, -0.25) is 14.4 Å². The highest BCUT2D eigenvalue weighted by molar-refractivity contribution is 5.96. The van der Waals surface area contributed by atoms with E-state index < -0.39 is 5.41 Å². The van der Waals surface area contributed by atoms with E-state index in [4.69, 9.17) is 9.57 Å². The van der Waals surface area contributed by atoms with E-state index >= 15 is 0 Å². The molecule has 3 N–H and O–H groups in total. The summed E-state index contributed by atoms with van der Waals surface area (Å²) in [7, 11) is 1.39. The van der Waals surface area contributed by atoms with Gasteiger partial charge in [0.15, 0.2) is 0 Å². The van der Waals surface area contributed by atoms with Crippen LogP contribution in [0.3, 0.4) is 0 Å². The lowest BCUT2D eigenvalue weighted by Crippen LogP contribution is -2.52. The molecule has 0 spiro atoms. The van der Waals surface area contributed by atoms with Crippen molar-refractivity contribution in [2.45, 2.75) is 78.9 Å².